The predicted octanol–water partition coefficient (Wildman–Crippen LogP) is 0.853. The SMILES string of the molecule is N[C@@H]1CCC[C@H]1C(=O)N1CCN(Cc2ccccn2)CC1. The van der Waals surface area contributed by atoms with Gasteiger partial charge in [0.25, 0.3) is 0 Å². The molecule has 5 nitrogen and oxygen atoms in total. The van der Waals surface area contributed by atoms with E-state index in [1.54, 1.807) is 0 Å². The van der Waals surface area contributed by atoms with Crippen molar-refractivity contribution in [2.75, 3.05) is 26.2 Å². The summed E-state index contributed by atoms with van der Waals surface area (Å²) in [7, 11) is 0. The molecule has 0 radical (unpaired) electrons. The molecule has 0 unspecified atom stereocenters. The van der Waals surface area contributed by atoms with Gasteiger partial charge in [-0.25, -0.2) is 0 Å². The van der Waals surface area contributed by atoms with Gasteiger partial charge in [0, 0.05) is 45.0 Å². The van der Waals surface area contributed by atoms with Crippen LogP contribution in [0.5, 0.6) is 0 Å². The Labute approximate surface area is 126 Å². The molecule has 1 aliphatic carbocycles. The lowest BCUT2D eigenvalue weighted by atomic mass is 10.0. The summed E-state index contributed by atoms with van der Waals surface area (Å²) >= 11 is 0. The van der Waals surface area contributed by atoms with E-state index in [0.717, 1.165) is 57.7 Å². The Morgan fingerprint density at radius 1 is 1.24 bits per heavy atom. The number of pyridine rings is 1. The lowest BCUT2D eigenvalue weighted by molar-refractivity contribution is -0.137. The lowest BCUT2D eigenvalue weighted by Crippen LogP contribution is -2.51. The highest BCUT2D eigenvalue weighted by Gasteiger charge is 2.34. The molecule has 2 heterocycles. The van der Waals surface area contributed by atoms with Crippen LogP contribution in [0.3, 0.4) is 0 Å². The molecule has 21 heavy (non-hydrogen) atoms. The van der Waals surface area contributed by atoms with Crippen LogP contribution in [-0.2, 0) is 11.3 Å². The van der Waals surface area contributed by atoms with E-state index in [9.17, 15) is 4.79 Å². The fourth-order valence-corrected chi connectivity index (χ4v) is 3.38. The summed E-state index contributed by atoms with van der Waals surface area (Å²) in [4.78, 5) is 21.2. The van der Waals surface area contributed by atoms with Crippen molar-refractivity contribution in [3.05, 3.63) is 30.1 Å². The van der Waals surface area contributed by atoms with Crippen LogP contribution in [0.4, 0.5) is 0 Å². The Morgan fingerprint density at radius 3 is 2.67 bits per heavy atom. The fourth-order valence-electron chi connectivity index (χ4n) is 3.38. The second-order valence-electron chi connectivity index (χ2n) is 6.12. The van der Waals surface area contributed by atoms with Gasteiger partial charge in [-0.2, -0.15) is 0 Å². The van der Waals surface area contributed by atoms with Crippen LogP contribution in [-0.4, -0.2) is 52.9 Å². The Hall–Kier alpha value is -1.46. The number of carbonyl (C=O) groups is 1. The molecule has 0 aromatic carbocycles. The largest absolute Gasteiger partial charge is 0.340 e. The molecular formula is C16H24N4O. The summed E-state index contributed by atoms with van der Waals surface area (Å²) in [6, 6.07) is 6.08. The van der Waals surface area contributed by atoms with Crippen LogP contribution in [0.1, 0.15) is 25.0 Å². The number of nitrogens with two attached hydrogens (primary N) is 1. The van der Waals surface area contributed by atoms with Crippen molar-refractivity contribution in [2.45, 2.75) is 31.8 Å². The number of piperazine rings is 1. The maximum atomic E-state index is 12.5. The Bertz CT molecular complexity index is 470. The van der Waals surface area contributed by atoms with Gasteiger partial charge in [-0.05, 0) is 25.0 Å². The summed E-state index contributed by atoms with van der Waals surface area (Å²) in [6.07, 6.45) is 4.89. The average Bonchev–Trinajstić information content (AvgIpc) is 2.94. The van der Waals surface area contributed by atoms with E-state index in [1.165, 1.54) is 0 Å². The van der Waals surface area contributed by atoms with Crippen LogP contribution >= 0.6 is 0 Å². The molecule has 0 bridgehead atoms. The van der Waals surface area contributed by atoms with Crippen LogP contribution in [0.2, 0.25) is 0 Å². The third-order valence-corrected chi connectivity index (χ3v) is 4.68. The minimum atomic E-state index is 0.0624. The summed E-state index contributed by atoms with van der Waals surface area (Å²) in [5.74, 6) is 0.338. The molecule has 3 rings (SSSR count). The van der Waals surface area contributed by atoms with Gasteiger partial charge in [-0.15, -0.1) is 0 Å². The molecule has 2 atom stereocenters. The first kappa shape index (κ1) is 14.5. The quantitative estimate of drug-likeness (QED) is 0.896. The second kappa shape index (κ2) is 6.54. The third kappa shape index (κ3) is 3.41. The smallest absolute Gasteiger partial charge is 0.227 e. The highest BCUT2D eigenvalue weighted by atomic mass is 16.2. The zero-order chi connectivity index (χ0) is 14.7. The van der Waals surface area contributed by atoms with Crippen LogP contribution < -0.4 is 5.73 Å². The number of aromatic nitrogens is 1. The number of nitrogens with zero attached hydrogens (tertiary/aromatic N) is 3. The van der Waals surface area contributed by atoms with Crippen LogP contribution in [0, 0.1) is 5.92 Å². The van der Waals surface area contributed by atoms with Gasteiger partial charge in [-0.3, -0.25) is 14.7 Å². The molecule has 1 aliphatic heterocycles. The molecule has 0 spiro atoms. The van der Waals surface area contributed by atoms with E-state index in [4.69, 9.17) is 5.73 Å². The maximum Gasteiger partial charge on any atom is 0.227 e. The standard InChI is InChI=1S/C16H24N4O/c17-15-6-3-5-14(15)16(21)20-10-8-19(9-11-20)12-13-4-1-2-7-18-13/h1-2,4,7,14-15H,3,5-6,8-12,17H2/t14-,15-/m1/s1. The predicted molar refractivity (Wildman–Crippen MR) is 81.4 cm³/mol. The van der Waals surface area contributed by atoms with E-state index >= 15 is 0 Å². The number of carbonyl (C=O) groups excluding carboxylic acids is 1. The van der Waals surface area contributed by atoms with Crippen molar-refractivity contribution in [3.63, 3.8) is 0 Å². The monoisotopic (exact) mass is 288 g/mol. The van der Waals surface area contributed by atoms with E-state index in [1.807, 2.05) is 23.2 Å². The number of hydrogen-bond acceptors (Lipinski definition) is 4. The zero-order valence-corrected chi connectivity index (χ0v) is 12.4. The van der Waals surface area contributed by atoms with Crippen molar-refractivity contribution in [1.29, 1.82) is 0 Å². The van der Waals surface area contributed by atoms with Gasteiger partial charge in [0.2, 0.25) is 5.91 Å². The van der Waals surface area contributed by atoms with Gasteiger partial charge in [0.1, 0.15) is 0 Å². The molecular weight excluding hydrogens is 264 g/mol. The van der Waals surface area contributed by atoms with Gasteiger partial charge in [0.15, 0.2) is 0 Å². The van der Waals surface area contributed by atoms with Gasteiger partial charge < -0.3 is 10.6 Å². The summed E-state index contributed by atoms with van der Waals surface area (Å²) in [5, 5.41) is 0. The molecule has 1 aromatic heterocycles. The molecule has 1 saturated heterocycles. The van der Waals surface area contributed by atoms with Crippen LogP contribution in [0.15, 0.2) is 24.4 Å². The lowest BCUT2D eigenvalue weighted by Gasteiger charge is -2.36. The first-order chi connectivity index (χ1) is 10.2. The number of amides is 1. The fraction of sp³-hybridized carbons (Fsp3) is 0.625. The highest BCUT2D eigenvalue weighted by Crippen LogP contribution is 2.26. The molecule has 114 valence electrons. The number of rotatable bonds is 3. The topological polar surface area (TPSA) is 62.5 Å². The summed E-state index contributed by atoms with van der Waals surface area (Å²) < 4.78 is 0. The zero-order valence-electron chi connectivity index (χ0n) is 12.4. The Kier molecular flexibility index (Phi) is 4.51. The van der Waals surface area contributed by atoms with Crippen molar-refractivity contribution in [3.8, 4) is 0 Å². The first-order valence-corrected chi connectivity index (χ1v) is 7.90. The summed E-state index contributed by atoms with van der Waals surface area (Å²) in [6.45, 7) is 4.34. The first-order valence-electron chi connectivity index (χ1n) is 7.90. The normalized spacial score (nSPS) is 27.0. The average molecular weight is 288 g/mol. The molecule has 5 heteroatoms. The van der Waals surface area contributed by atoms with E-state index in [0.29, 0.717) is 0 Å². The number of hydrogen-bond donors (Lipinski definition) is 1. The molecule has 1 saturated carbocycles. The van der Waals surface area contributed by atoms with Gasteiger partial charge in [-0.1, -0.05) is 12.5 Å². The van der Waals surface area contributed by atoms with Crippen molar-refractivity contribution in [1.82, 2.24) is 14.8 Å². The highest BCUT2D eigenvalue weighted by molar-refractivity contribution is 5.80. The molecule has 2 aliphatic rings. The molecule has 2 fully saturated rings. The molecule has 1 aromatic rings. The van der Waals surface area contributed by atoms with Crippen molar-refractivity contribution in [2.24, 2.45) is 11.7 Å². The molecule has 1 amide bonds. The molecule has 2 N–H and O–H groups in total. The Balaban J connectivity index is 1.50. The van der Waals surface area contributed by atoms with E-state index in [-0.39, 0.29) is 17.9 Å². The summed E-state index contributed by atoms with van der Waals surface area (Å²) in [5.41, 5.74) is 7.14. The van der Waals surface area contributed by atoms with E-state index in [2.05, 4.69) is 16.0 Å². The van der Waals surface area contributed by atoms with Crippen molar-refractivity contribution < 1.29 is 4.79 Å². The maximum absolute atomic E-state index is 12.5. The second-order valence-corrected chi connectivity index (χ2v) is 6.12. The van der Waals surface area contributed by atoms with Gasteiger partial charge in [0.05, 0.1) is 11.6 Å². The Morgan fingerprint density at radius 2 is 2.05 bits per heavy atom. The minimum absolute atomic E-state index is 0.0624. The van der Waals surface area contributed by atoms with E-state index < -0.39 is 0 Å². The minimum Gasteiger partial charge on any atom is -0.340 e. The third-order valence-electron chi connectivity index (χ3n) is 4.68. The van der Waals surface area contributed by atoms with Crippen molar-refractivity contribution >= 4 is 5.91 Å². The van der Waals surface area contributed by atoms with Crippen LogP contribution in [0.25, 0.3) is 0 Å². The van der Waals surface area contributed by atoms with Gasteiger partial charge >= 0.3 is 0 Å².